The number of imide groups is 1. The minimum atomic E-state index is -0.651. The van der Waals surface area contributed by atoms with Gasteiger partial charge in [0, 0.05) is 5.56 Å². The van der Waals surface area contributed by atoms with Crippen LogP contribution >= 0.6 is 11.8 Å². The van der Waals surface area contributed by atoms with Crippen LogP contribution in [0, 0.1) is 5.82 Å². The van der Waals surface area contributed by atoms with Gasteiger partial charge in [-0.05, 0) is 35.9 Å². The third-order valence-corrected chi connectivity index (χ3v) is 5.18. The monoisotopic (exact) mass is 414 g/mol. The van der Waals surface area contributed by atoms with Gasteiger partial charge in [0.1, 0.15) is 12.4 Å². The average molecular weight is 414 g/mol. The molecule has 1 heterocycles. The molecule has 0 radical (unpaired) electrons. The topological polar surface area (TPSA) is 86.7 Å². The summed E-state index contributed by atoms with van der Waals surface area (Å²) in [6, 6.07) is 14.7. The number of rotatable bonds is 7. The van der Waals surface area contributed by atoms with Gasteiger partial charge < -0.3 is 10.4 Å². The molecular formula is C21H19FN2O4S. The van der Waals surface area contributed by atoms with Crippen LogP contribution in [0.2, 0.25) is 0 Å². The molecule has 8 heteroatoms. The van der Waals surface area contributed by atoms with Gasteiger partial charge in [0.2, 0.25) is 5.91 Å². The molecule has 1 saturated heterocycles. The minimum absolute atomic E-state index is 0.0518. The first kappa shape index (κ1) is 20.8. The fourth-order valence-corrected chi connectivity index (χ4v) is 3.68. The maximum atomic E-state index is 13.8. The van der Waals surface area contributed by atoms with Gasteiger partial charge in [-0.2, -0.15) is 0 Å². The smallest absolute Gasteiger partial charge is 0.294 e. The van der Waals surface area contributed by atoms with Gasteiger partial charge in [-0.15, -0.1) is 0 Å². The van der Waals surface area contributed by atoms with E-state index in [1.165, 1.54) is 24.3 Å². The molecule has 2 aromatic rings. The van der Waals surface area contributed by atoms with Crippen LogP contribution in [-0.2, 0) is 16.0 Å². The van der Waals surface area contributed by atoms with E-state index in [0.29, 0.717) is 18.2 Å². The fraction of sp³-hybridized carbons (Fsp3) is 0.190. The first-order valence-electron chi connectivity index (χ1n) is 8.92. The Labute approximate surface area is 171 Å². The summed E-state index contributed by atoms with van der Waals surface area (Å²) in [7, 11) is 0. The predicted molar refractivity (Wildman–Crippen MR) is 108 cm³/mol. The van der Waals surface area contributed by atoms with E-state index in [9.17, 15) is 23.9 Å². The Kier molecular flexibility index (Phi) is 6.79. The molecule has 1 fully saturated rings. The van der Waals surface area contributed by atoms with Crippen LogP contribution in [0.3, 0.4) is 0 Å². The summed E-state index contributed by atoms with van der Waals surface area (Å²) in [5, 5.41) is 11.6. The number of nitrogens with zero attached hydrogens (tertiary/aromatic N) is 1. The lowest BCUT2D eigenvalue weighted by Gasteiger charge is -2.18. The Morgan fingerprint density at radius 1 is 1.14 bits per heavy atom. The van der Waals surface area contributed by atoms with Crippen molar-refractivity contribution < 1.29 is 23.9 Å². The first-order valence-corrected chi connectivity index (χ1v) is 9.73. The standard InChI is InChI=1S/C21H19FN2O4S/c22-17-9-5-4-8-15(17)11-18-20(27)24(21(28)29-18)12-19(26)23-16(13-25)10-14-6-2-1-3-7-14/h1-9,11,16,25H,10,12-13H2,(H,23,26)/t16-/m1/s1. The summed E-state index contributed by atoms with van der Waals surface area (Å²) in [5.74, 6) is -1.72. The summed E-state index contributed by atoms with van der Waals surface area (Å²) in [6.45, 7) is -0.750. The molecule has 1 atom stereocenters. The van der Waals surface area contributed by atoms with Gasteiger partial charge >= 0.3 is 0 Å². The predicted octanol–water partition coefficient (Wildman–Crippen LogP) is 2.58. The van der Waals surface area contributed by atoms with Gasteiger partial charge in [0.15, 0.2) is 0 Å². The minimum Gasteiger partial charge on any atom is -0.394 e. The number of nitrogens with one attached hydrogen (secondary N) is 1. The number of hydrogen-bond donors (Lipinski definition) is 2. The number of carbonyl (C=O) groups is 3. The number of aliphatic hydroxyl groups is 1. The van der Waals surface area contributed by atoms with Crippen LogP contribution in [0.5, 0.6) is 0 Å². The van der Waals surface area contributed by atoms with Gasteiger partial charge in [0.25, 0.3) is 11.1 Å². The van der Waals surface area contributed by atoms with Gasteiger partial charge in [-0.3, -0.25) is 19.3 Å². The molecule has 0 saturated carbocycles. The van der Waals surface area contributed by atoms with Crippen LogP contribution in [0.15, 0.2) is 59.5 Å². The molecule has 3 rings (SSSR count). The summed E-state index contributed by atoms with van der Waals surface area (Å²) >= 11 is 0.657. The lowest BCUT2D eigenvalue weighted by molar-refractivity contribution is -0.129. The molecule has 3 amide bonds. The molecule has 1 aliphatic heterocycles. The van der Waals surface area contributed by atoms with E-state index in [-0.39, 0.29) is 17.1 Å². The zero-order valence-corrected chi connectivity index (χ0v) is 16.2. The van der Waals surface area contributed by atoms with E-state index in [4.69, 9.17) is 0 Å². The quantitative estimate of drug-likeness (QED) is 0.680. The number of thioether (sulfide) groups is 1. The van der Waals surface area contributed by atoms with Crippen molar-refractivity contribution >= 4 is 34.9 Å². The van der Waals surface area contributed by atoms with E-state index in [1.54, 1.807) is 6.07 Å². The molecule has 2 aromatic carbocycles. The van der Waals surface area contributed by atoms with Crippen molar-refractivity contribution in [3.63, 3.8) is 0 Å². The Bertz CT molecular complexity index is 949. The fourth-order valence-electron chi connectivity index (χ4n) is 2.85. The van der Waals surface area contributed by atoms with Crippen LogP contribution in [0.1, 0.15) is 11.1 Å². The van der Waals surface area contributed by atoms with Crippen LogP contribution in [0.4, 0.5) is 9.18 Å². The normalized spacial score (nSPS) is 16.3. The van der Waals surface area contributed by atoms with E-state index in [0.717, 1.165) is 10.5 Å². The van der Waals surface area contributed by atoms with Crippen molar-refractivity contribution in [2.24, 2.45) is 0 Å². The Morgan fingerprint density at radius 3 is 2.52 bits per heavy atom. The van der Waals surface area contributed by atoms with Crippen molar-refractivity contribution in [3.8, 4) is 0 Å². The van der Waals surface area contributed by atoms with E-state index < -0.39 is 35.5 Å². The lowest BCUT2D eigenvalue weighted by Crippen LogP contribution is -2.45. The molecule has 1 aliphatic rings. The summed E-state index contributed by atoms with van der Waals surface area (Å²) in [4.78, 5) is 37.8. The second-order valence-electron chi connectivity index (χ2n) is 6.43. The van der Waals surface area contributed by atoms with Crippen molar-refractivity contribution in [1.82, 2.24) is 10.2 Å². The van der Waals surface area contributed by atoms with Gasteiger partial charge in [-0.25, -0.2) is 4.39 Å². The molecular weight excluding hydrogens is 395 g/mol. The number of carbonyl (C=O) groups excluding carboxylic acids is 3. The summed E-state index contributed by atoms with van der Waals surface area (Å²) in [5.41, 5.74) is 1.12. The van der Waals surface area contributed by atoms with Crippen LogP contribution in [-0.4, -0.2) is 46.3 Å². The SMILES string of the molecule is O=C(CN1C(=O)SC(=Cc2ccccc2F)C1=O)N[C@@H](CO)Cc1ccccc1. The molecule has 150 valence electrons. The highest BCUT2D eigenvalue weighted by Crippen LogP contribution is 2.32. The first-order chi connectivity index (χ1) is 14.0. The second-order valence-corrected chi connectivity index (χ2v) is 7.42. The van der Waals surface area contributed by atoms with Crippen LogP contribution < -0.4 is 5.32 Å². The molecule has 2 N–H and O–H groups in total. The largest absolute Gasteiger partial charge is 0.394 e. The maximum absolute atomic E-state index is 13.8. The van der Waals surface area contributed by atoms with Crippen molar-refractivity contribution in [1.29, 1.82) is 0 Å². The van der Waals surface area contributed by atoms with E-state index in [2.05, 4.69) is 5.32 Å². The maximum Gasteiger partial charge on any atom is 0.294 e. The van der Waals surface area contributed by atoms with Crippen molar-refractivity contribution in [2.45, 2.75) is 12.5 Å². The number of aliphatic hydroxyl groups excluding tert-OH is 1. The number of amides is 3. The Balaban J connectivity index is 1.63. The average Bonchev–Trinajstić information content (AvgIpc) is 2.97. The molecule has 0 unspecified atom stereocenters. The van der Waals surface area contributed by atoms with Gasteiger partial charge in [-0.1, -0.05) is 48.5 Å². The molecule has 0 bridgehead atoms. The lowest BCUT2D eigenvalue weighted by atomic mass is 10.1. The van der Waals surface area contributed by atoms with Gasteiger partial charge in [0.05, 0.1) is 17.6 Å². The Hall–Kier alpha value is -2.97. The highest BCUT2D eigenvalue weighted by molar-refractivity contribution is 8.18. The van der Waals surface area contributed by atoms with E-state index >= 15 is 0 Å². The third-order valence-electron chi connectivity index (χ3n) is 4.28. The second kappa shape index (κ2) is 9.49. The molecule has 29 heavy (non-hydrogen) atoms. The molecule has 0 spiro atoms. The van der Waals surface area contributed by atoms with Crippen molar-refractivity contribution in [3.05, 3.63) is 76.4 Å². The zero-order chi connectivity index (χ0) is 20.8. The summed E-state index contributed by atoms with van der Waals surface area (Å²) < 4.78 is 13.8. The molecule has 6 nitrogen and oxygen atoms in total. The van der Waals surface area contributed by atoms with Crippen LogP contribution in [0.25, 0.3) is 6.08 Å². The van der Waals surface area contributed by atoms with Crippen molar-refractivity contribution in [2.75, 3.05) is 13.2 Å². The number of hydrogen-bond acceptors (Lipinski definition) is 5. The number of halogens is 1. The molecule has 0 aliphatic carbocycles. The number of benzene rings is 2. The summed E-state index contributed by atoms with van der Waals surface area (Å²) in [6.07, 6.45) is 1.71. The third kappa shape index (κ3) is 5.30. The zero-order valence-electron chi connectivity index (χ0n) is 15.4. The highest BCUT2D eigenvalue weighted by Gasteiger charge is 2.36. The molecule has 0 aromatic heterocycles. The van der Waals surface area contributed by atoms with E-state index in [1.807, 2.05) is 30.3 Å². The highest BCUT2D eigenvalue weighted by atomic mass is 32.2. The Morgan fingerprint density at radius 2 is 1.83 bits per heavy atom.